The zero-order valence-corrected chi connectivity index (χ0v) is 21.6. The molecule has 2 fully saturated rings. The lowest BCUT2D eigenvalue weighted by Crippen LogP contribution is -2.39. The van der Waals surface area contributed by atoms with Crippen molar-refractivity contribution < 1.29 is 9.13 Å². The number of rotatable bonds is 7. The number of likely N-dealkylation sites (tertiary alicyclic amines) is 1. The van der Waals surface area contributed by atoms with E-state index >= 15 is 0 Å². The van der Waals surface area contributed by atoms with E-state index in [1.165, 1.54) is 23.4 Å². The third-order valence-corrected chi connectivity index (χ3v) is 7.57. The highest BCUT2D eigenvalue weighted by Gasteiger charge is 2.25. The number of hydrogen-bond acceptors (Lipinski definition) is 7. The lowest BCUT2D eigenvalue weighted by atomic mass is 10.0. The minimum absolute atomic E-state index is 0.244. The van der Waals surface area contributed by atoms with Crippen molar-refractivity contribution in [3.8, 4) is 5.75 Å². The minimum atomic E-state index is -0.292. The Morgan fingerprint density at radius 1 is 0.973 bits per heavy atom. The first-order chi connectivity index (χ1) is 18.0. The number of ether oxygens (including phenoxy) is 1. The standard InChI is InChI=1S/C29H37FN6O/c1-22(24-9-12-32-28(31)19-24)35-15-10-27(11-16-35)37-26-6-3-23(4-7-26)21-34-13-2-14-36(18-17-34)29-8-5-25(30)20-33-29/h3-9,12,19-20,22,27H,2,10-11,13-18,21H2,1H3,(H2,31,32). The van der Waals surface area contributed by atoms with Crippen molar-refractivity contribution in [2.45, 2.75) is 44.9 Å². The van der Waals surface area contributed by atoms with Crippen LogP contribution >= 0.6 is 0 Å². The molecule has 1 atom stereocenters. The van der Waals surface area contributed by atoms with Crippen LogP contribution in [0.2, 0.25) is 0 Å². The monoisotopic (exact) mass is 504 g/mol. The van der Waals surface area contributed by atoms with E-state index in [9.17, 15) is 4.39 Å². The molecule has 7 nitrogen and oxygen atoms in total. The Balaban J connectivity index is 1.07. The lowest BCUT2D eigenvalue weighted by molar-refractivity contribution is 0.0797. The van der Waals surface area contributed by atoms with E-state index in [1.807, 2.05) is 6.07 Å². The molecule has 3 aromatic rings. The van der Waals surface area contributed by atoms with Crippen LogP contribution in [0.15, 0.2) is 60.9 Å². The van der Waals surface area contributed by atoms with E-state index in [0.29, 0.717) is 11.9 Å². The number of hydrogen-bond donors (Lipinski definition) is 1. The summed E-state index contributed by atoms with van der Waals surface area (Å²) in [6.07, 6.45) is 6.41. The molecule has 2 aromatic heterocycles. The first kappa shape index (κ1) is 25.4. The minimum Gasteiger partial charge on any atom is -0.490 e. The predicted octanol–water partition coefficient (Wildman–Crippen LogP) is 4.51. The quantitative estimate of drug-likeness (QED) is 0.508. The van der Waals surface area contributed by atoms with Crippen molar-refractivity contribution in [3.63, 3.8) is 0 Å². The van der Waals surface area contributed by atoms with Gasteiger partial charge in [0.15, 0.2) is 0 Å². The molecule has 4 heterocycles. The highest BCUT2D eigenvalue weighted by Crippen LogP contribution is 2.27. The van der Waals surface area contributed by atoms with Gasteiger partial charge in [-0.15, -0.1) is 0 Å². The molecule has 0 bridgehead atoms. The SMILES string of the molecule is CC(c1ccnc(N)c1)N1CCC(Oc2ccc(CN3CCCN(c4ccc(F)cn4)CC3)cc2)CC1. The van der Waals surface area contributed by atoms with Gasteiger partial charge in [0, 0.05) is 58.1 Å². The van der Waals surface area contributed by atoms with Crippen molar-refractivity contribution >= 4 is 11.6 Å². The summed E-state index contributed by atoms with van der Waals surface area (Å²) in [5, 5.41) is 0. The Kier molecular flexibility index (Phi) is 8.16. The third kappa shape index (κ3) is 6.76. The van der Waals surface area contributed by atoms with Crippen LogP contribution < -0.4 is 15.4 Å². The van der Waals surface area contributed by atoms with E-state index in [4.69, 9.17) is 10.5 Å². The molecule has 0 radical (unpaired) electrons. The normalized spacial score (nSPS) is 18.9. The second kappa shape index (κ2) is 11.9. The average Bonchev–Trinajstić information content (AvgIpc) is 3.16. The molecule has 5 rings (SSSR count). The van der Waals surface area contributed by atoms with Crippen molar-refractivity contribution in [1.82, 2.24) is 19.8 Å². The highest BCUT2D eigenvalue weighted by atomic mass is 19.1. The number of nitrogen functional groups attached to an aromatic ring is 1. The van der Waals surface area contributed by atoms with Gasteiger partial charge in [-0.2, -0.15) is 0 Å². The van der Waals surface area contributed by atoms with Crippen LogP contribution in [-0.4, -0.2) is 65.1 Å². The second-order valence-electron chi connectivity index (χ2n) is 10.1. The summed E-state index contributed by atoms with van der Waals surface area (Å²) in [6.45, 7) is 9.00. The molecule has 2 N–H and O–H groups in total. The Bertz CT molecular complexity index is 1130. The predicted molar refractivity (Wildman–Crippen MR) is 145 cm³/mol. The molecular weight excluding hydrogens is 467 g/mol. The molecular formula is C29H37FN6O. The van der Waals surface area contributed by atoms with Gasteiger partial charge in [-0.3, -0.25) is 9.80 Å². The van der Waals surface area contributed by atoms with Gasteiger partial charge >= 0.3 is 0 Å². The Morgan fingerprint density at radius 3 is 2.51 bits per heavy atom. The van der Waals surface area contributed by atoms with Gasteiger partial charge in [0.25, 0.3) is 0 Å². The van der Waals surface area contributed by atoms with E-state index < -0.39 is 0 Å². The number of aromatic nitrogens is 2. The van der Waals surface area contributed by atoms with Gasteiger partial charge in [0.2, 0.25) is 0 Å². The summed E-state index contributed by atoms with van der Waals surface area (Å²) in [5.41, 5.74) is 8.38. The molecule has 0 spiro atoms. The first-order valence-electron chi connectivity index (χ1n) is 13.3. The maximum absolute atomic E-state index is 13.2. The number of pyridine rings is 2. The van der Waals surface area contributed by atoms with Crippen LogP contribution in [0.5, 0.6) is 5.75 Å². The third-order valence-electron chi connectivity index (χ3n) is 7.57. The number of nitrogens with two attached hydrogens (primary N) is 1. The Hall–Kier alpha value is -3.23. The van der Waals surface area contributed by atoms with E-state index in [-0.39, 0.29) is 11.9 Å². The Labute approximate surface area is 219 Å². The van der Waals surface area contributed by atoms with Crippen LogP contribution in [-0.2, 0) is 6.54 Å². The fourth-order valence-corrected chi connectivity index (χ4v) is 5.35. The summed E-state index contributed by atoms with van der Waals surface area (Å²) in [6, 6.07) is 16.2. The molecule has 1 aromatic carbocycles. The maximum Gasteiger partial charge on any atom is 0.141 e. The molecule has 0 amide bonds. The van der Waals surface area contributed by atoms with Gasteiger partial charge in [0.05, 0.1) is 6.20 Å². The number of benzene rings is 1. The number of anilines is 2. The lowest BCUT2D eigenvalue weighted by Gasteiger charge is -2.36. The molecule has 8 heteroatoms. The molecule has 1 unspecified atom stereocenters. The summed E-state index contributed by atoms with van der Waals surface area (Å²) < 4.78 is 19.5. The zero-order valence-electron chi connectivity index (χ0n) is 21.6. The highest BCUT2D eigenvalue weighted by molar-refractivity contribution is 5.38. The van der Waals surface area contributed by atoms with Gasteiger partial charge in [-0.05, 0) is 73.7 Å². The van der Waals surface area contributed by atoms with Crippen LogP contribution in [0.25, 0.3) is 0 Å². The molecule has 0 aliphatic carbocycles. The van der Waals surface area contributed by atoms with Gasteiger partial charge in [-0.1, -0.05) is 12.1 Å². The molecule has 2 aliphatic heterocycles. The van der Waals surface area contributed by atoms with E-state index in [2.05, 4.69) is 61.9 Å². The van der Waals surface area contributed by atoms with Gasteiger partial charge < -0.3 is 15.4 Å². The van der Waals surface area contributed by atoms with E-state index in [0.717, 1.165) is 76.6 Å². The number of halogens is 1. The average molecular weight is 505 g/mol. The molecule has 2 saturated heterocycles. The second-order valence-corrected chi connectivity index (χ2v) is 10.1. The van der Waals surface area contributed by atoms with Crippen molar-refractivity contribution in [2.75, 3.05) is 49.9 Å². The van der Waals surface area contributed by atoms with E-state index in [1.54, 1.807) is 12.3 Å². The maximum atomic E-state index is 13.2. The smallest absolute Gasteiger partial charge is 0.141 e. The molecule has 2 aliphatic rings. The summed E-state index contributed by atoms with van der Waals surface area (Å²) in [4.78, 5) is 15.6. The largest absolute Gasteiger partial charge is 0.490 e. The van der Waals surface area contributed by atoms with Crippen LogP contribution in [0, 0.1) is 5.82 Å². The molecule has 196 valence electrons. The fraction of sp³-hybridized carbons (Fsp3) is 0.448. The summed E-state index contributed by atoms with van der Waals surface area (Å²) in [7, 11) is 0. The molecule has 37 heavy (non-hydrogen) atoms. The van der Waals surface area contributed by atoms with Crippen molar-refractivity contribution in [2.24, 2.45) is 0 Å². The number of piperidine rings is 1. The topological polar surface area (TPSA) is 70.8 Å². The van der Waals surface area contributed by atoms with Crippen molar-refractivity contribution in [1.29, 1.82) is 0 Å². The van der Waals surface area contributed by atoms with Crippen LogP contribution in [0.4, 0.5) is 16.0 Å². The van der Waals surface area contributed by atoms with Crippen LogP contribution in [0.3, 0.4) is 0 Å². The first-order valence-corrected chi connectivity index (χ1v) is 13.3. The fourth-order valence-electron chi connectivity index (χ4n) is 5.35. The van der Waals surface area contributed by atoms with Gasteiger partial charge in [0.1, 0.15) is 29.3 Å². The van der Waals surface area contributed by atoms with Crippen LogP contribution in [0.1, 0.15) is 43.4 Å². The molecule has 0 saturated carbocycles. The summed E-state index contributed by atoms with van der Waals surface area (Å²) in [5.74, 6) is 2.08. The Morgan fingerprint density at radius 2 is 1.78 bits per heavy atom. The van der Waals surface area contributed by atoms with Gasteiger partial charge in [-0.25, -0.2) is 14.4 Å². The zero-order chi connectivity index (χ0) is 25.6. The van der Waals surface area contributed by atoms with Crippen molar-refractivity contribution in [3.05, 3.63) is 77.9 Å². The summed E-state index contributed by atoms with van der Waals surface area (Å²) >= 11 is 0. The number of nitrogens with zero attached hydrogens (tertiary/aromatic N) is 5.